The van der Waals surface area contributed by atoms with E-state index in [1.165, 1.54) is 25.7 Å². The van der Waals surface area contributed by atoms with Gasteiger partial charge < -0.3 is 15.2 Å². The van der Waals surface area contributed by atoms with Crippen molar-refractivity contribution in [2.75, 3.05) is 14.2 Å². The van der Waals surface area contributed by atoms with Crippen LogP contribution in [-0.4, -0.2) is 14.2 Å². The molecular formula is C16H23NO2. The summed E-state index contributed by atoms with van der Waals surface area (Å²) in [5.41, 5.74) is 7.66. The number of rotatable bonds is 4. The minimum Gasteiger partial charge on any atom is -0.497 e. The first kappa shape index (κ1) is 12.8. The molecule has 2 fully saturated rings. The molecule has 1 aromatic carbocycles. The fourth-order valence-corrected chi connectivity index (χ4v) is 4.06. The maximum Gasteiger partial charge on any atom is 0.127 e. The van der Waals surface area contributed by atoms with Crippen molar-refractivity contribution in [1.29, 1.82) is 0 Å². The molecule has 4 unspecified atom stereocenters. The van der Waals surface area contributed by atoms with E-state index in [4.69, 9.17) is 15.2 Å². The maximum absolute atomic E-state index is 6.53. The molecule has 1 aromatic rings. The van der Waals surface area contributed by atoms with Gasteiger partial charge in [-0.15, -0.1) is 0 Å². The topological polar surface area (TPSA) is 44.5 Å². The van der Waals surface area contributed by atoms with Crippen LogP contribution in [0.25, 0.3) is 0 Å². The van der Waals surface area contributed by atoms with E-state index in [1.54, 1.807) is 14.2 Å². The summed E-state index contributed by atoms with van der Waals surface area (Å²) >= 11 is 0. The summed E-state index contributed by atoms with van der Waals surface area (Å²) in [5, 5.41) is 0. The lowest BCUT2D eigenvalue weighted by molar-refractivity contribution is 0.278. The highest BCUT2D eigenvalue weighted by molar-refractivity contribution is 5.42. The number of nitrogens with two attached hydrogens (primary N) is 1. The maximum atomic E-state index is 6.53. The van der Waals surface area contributed by atoms with Crippen LogP contribution in [-0.2, 0) is 0 Å². The highest BCUT2D eigenvalue weighted by atomic mass is 16.5. The number of benzene rings is 1. The summed E-state index contributed by atoms with van der Waals surface area (Å²) in [7, 11) is 3.37. The average molecular weight is 261 g/mol. The summed E-state index contributed by atoms with van der Waals surface area (Å²) in [6, 6.07) is 6.07. The lowest BCUT2D eigenvalue weighted by Gasteiger charge is -2.29. The van der Waals surface area contributed by atoms with Gasteiger partial charge in [-0.25, -0.2) is 0 Å². The van der Waals surface area contributed by atoms with E-state index in [0.29, 0.717) is 5.92 Å². The van der Waals surface area contributed by atoms with Crippen molar-refractivity contribution in [1.82, 2.24) is 0 Å². The van der Waals surface area contributed by atoms with Gasteiger partial charge in [0.25, 0.3) is 0 Å². The molecule has 3 heteroatoms. The van der Waals surface area contributed by atoms with Crippen LogP contribution in [0.3, 0.4) is 0 Å². The van der Waals surface area contributed by atoms with Gasteiger partial charge in [0.05, 0.1) is 14.2 Å². The lowest BCUT2D eigenvalue weighted by Crippen LogP contribution is -2.26. The predicted molar refractivity (Wildman–Crippen MR) is 75.4 cm³/mol. The van der Waals surface area contributed by atoms with Gasteiger partial charge in [-0.2, -0.15) is 0 Å². The Labute approximate surface area is 115 Å². The third-order valence-corrected chi connectivity index (χ3v) is 5.05. The molecule has 0 saturated heterocycles. The highest BCUT2D eigenvalue weighted by Gasteiger charge is 2.42. The minimum atomic E-state index is 0.0937. The SMILES string of the molecule is COc1ccc(C(N)C2CC3CCC2C3)c(OC)c1. The molecule has 2 bridgehead atoms. The third kappa shape index (κ3) is 2.20. The molecule has 4 atom stereocenters. The molecule has 104 valence electrons. The van der Waals surface area contributed by atoms with Crippen LogP contribution in [0, 0.1) is 17.8 Å². The van der Waals surface area contributed by atoms with E-state index in [9.17, 15) is 0 Å². The average Bonchev–Trinajstić information content (AvgIpc) is 3.08. The van der Waals surface area contributed by atoms with Crippen molar-refractivity contribution in [3.05, 3.63) is 23.8 Å². The second-order valence-corrected chi connectivity index (χ2v) is 5.97. The van der Waals surface area contributed by atoms with Crippen molar-refractivity contribution >= 4 is 0 Å². The lowest BCUT2D eigenvalue weighted by atomic mass is 9.80. The number of fused-ring (bicyclic) bond motifs is 2. The zero-order chi connectivity index (χ0) is 13.4. The Bertz CT molecular complexity index is 460. The normalized spacial score (nSPS) is 30.4. The van der Waals surface area contributed by atoms with Crippen molar-refractivity contribution < 1.29 is 9.47 Å². The Morgan fingerprint density at radius 2 is 2.00 bits per heavy atom. The van der Waals surface area contributed by atoms with Crippen LogP contribution >= 0.6 is 0 Å². The van der Waals surface area contributed by atoms with E-state index in [0.717, 1.165) is 28.9 Å². The van der Waals surface area contributed by atoms with Gasteiger partial charge in [0, 0.05) is 17.7 Å². The zero-order valence-electron chi connectivity index (χ0n) is 11.8. The van der Waals surface area contributed by atoms with Crippen LogP contribution < -0.4 is 15.2 Å². The monoisotopic (exact) mass is 261 g/mol. The van der Waals surface area contributed by atoms with Crippen LogP contribution in [0.5, 0.6) is 11.5 Å². The largest absolute Gasteiger partial charge is 0.497 e. The van der Waals surface area contributed by atoms with Gasteiger partial charge >= 0.3 is 0 Å². The minimum absolute atomic E-state index is 0.0937. The predicted octanol–water partition coefficient (Wildman–Crippen LogP) is 3.14. The molecule has 3 nitrogen and oxygen atoms in total. The van der Waals surface area contributed by atoms with Crippen LogP contribution in [0.1, 0.15) is 37.3 Å². The molecule has 2 aliphatic rings. The van der Waals surface area contributed by atoms with Crippen molar-refractivity contribution in [3.63, 3.8) is 0 Å². The van der Waals surface area contributed by atoms with Gasteiger partial charge in [0.2, 0.25) is 0 Å². The number of hydrogen-bond donors (Lipinski definition) is 1. The number of hydrogen-bond acceptors (Lipinski definition) is 3. The molecule has 2 N–H and O–H groups in total. The Kier molecular flexibility index (Phi) is 3.40. The van der Waals surface area contributed by atoms with Crippen molar-refractivity contribution in [2.24, 2.45) is 23.5 Å². The van der Waals surface area contributed by atoms with Gasteiger partial charge in [-0.3, -0.25) is 0 Å². The first-order valence-corrected chi connectivity index (χ1v) is 7.20. The molecule has 0 radical (unpaired) electrons. The summed E-state index contributed by atoms with van der Waals surface area (Å²) in [4.78, 5) is 0. The second kappa shape index (κ2) is 5.04. The van der Waals surface area contributed by atoms with Gasteiger partial charge in [-0.1, -0.05) is 12.5 Å². The summed E-state index contributed by atoms with van der Waals surface area (Å²) in [6.07, 6.45) is 5.45. The van der Waals surface area contributed by atoms with Crippen molar-refractivity contribution in [3.8, 4) is 11.5 Å². The molecule has 2 saturated carbocycles. The van der Waals surface area contributed by atoms with E-state index >= 15 is 0 Å². The Morgan fingerprint density at radius 1 is 1.16 bits per heavy atom. The standard InChI is InChI=1S/C16H23NO2/c1-18-12-5-6-13(15(9-12)19-2)16(17)14-8-10-3-4-11(14)7-10/h5-6,9-11,14,16H,3-4,7-8,17H2,1-2H3. The molecular weight excluding hydrogens is 238 g/mol. The van der Waals surface area contributed by atoms with E-state index in [2.05, 4.69) is 6.07 Å². The molecule has 0 spiro atoms. The van der Waals surface area contributed by atoms with E-state index in [-0.39, 0.29) is 6.04 Å². The zero-order valence-corrected chi connectivity index (χ0v) is 11.8. The highest BCUT2D eigenvalue weighted by Crippen LogP contribution is 2.52. The first-order valence-electron chi connectivity index (χ1n) is 7.20. The molecule has 0 aromatic heterocycles. The molecule has 2 aliphatic carbocycles. The fourth-order valence-electron chi connectivity index (χ4n) is 4.06. The Balaban J connectivity index is 1.85. The third-order valence-electron chi connectivity index (χ3n) is 5.05. The van der Waals surface area contributed by atoms with E-state index in [1.807, 2.05) is 12.1 Å². The molecule has 19 heavy (non-hydrogen) atoms. The quantitative estimate of drug-likeness (QED) is 0.905. The summed E-state index contributed by atoms with van der Waals surface area (Å²) in [6.45, 7) is 0. The number of ether oxygens (including phenoxy) is 2. The first-order chi connectivity index (χ1) is 9.22. The molecule has 0 amide bonds. The van der Waals surface area contributed by atoms with Gasteiger partial charge in [0.1, 0.15) is 11.5 Å². The van der Waals surface area contributed by atoms with Gasteiger partial charge in [0.15, 0.2) is 0 Å². The molecule has 0 heterocycles. The summed E-state index contributed by atoms with van der Waals surface area (Å²) < 4.78 is 10.7. The molecule has 0 aliphatic heterocycles. The van der Waals surface area contributed by atoms with E-state index < -0.39 is 0 Å². The number of methoxy groups -OCH3 is 2. The fraction of sp³-hybridized carbons (Fsp3) is 0.625. The Hall–Kier alpha value is -1.22. The second-order valence-electron chi connectivity index (χ2n) is 5.97. The van der Waals surface area contributed by atoms with Crippen LogP contribution in [0.15, 0.2) is 18.2 Å². The Morgan fingerprint density at radius 3 is 2.58 bits per heavy atom. The summed E-state index contributed by atoms with van der Waals surface area (Å²) in [5.74, 6) is 4.05. The van der Waals surface area contributed by atoms with Crippen LogP contribution in [0.2, 0.25) is 0 Å². The van der Waals surface area contributed by atoms with Gasteiger partial charge in [-0.05, 0) is 43.1 Å². The smallest absolute Gasteiger partial charge is 0.127 e. The van der Waals surface area contributed by atoms with Crippen molar-refractivity contribution in [2.45, 2.75) is 31.7 Å². The molecule has 3 rings (SSSR count). The van der Waals surface area contributed by atoms with Crippen LogP contribution in [0.4, 0.5) is 0 Å².